The molecule has 1 unspecified atom stereocenters. The molecule has 1 saturated carbocycles. The van der Waals surface area contributed by atoms with E-state index in [1.807, 2.05) is 0 Å². The number of nitrogens with two attached hydrogens (primary N) is 1. The molecule has 2 nitrogen and oxygen atoms in total. The van der Waals surface area contributed by atoms with Gasteiger partial charge in [0.1, 0.15) is 0 Å². The fraction of sp³-hybridized carbons (Fsp3) is 0.600. The maximum Gasteiger partial charge on any atom is 0.416 e. The first-order valence-corrected chi connectivity index (χ1v) is 7.02. The van der Waals surface area contributed by atoms with E-state index < -0.39 is 17.8 Å². The zero-order valence-electron chi connectivity index (χ0n) is 11.3. The van der Waals surface area contributed by atoms with E-state index in [-0.39, 0.29) is 11.3 Å². The van der Waals surface area contributed by atoms with Crippen LogP contribution in [0.15, 0.2) is 18.2 Å². The van der Waals surface area contributed by atoms with Crippen molar-refractivity contribution in [3.8, 4) is 0 Å². The van der Waals surface area contributed by atoms with Gasteiger partial charge in [-0.15, -0.1) is 0 Å². The van der Waals surface area contributed by atoms with E-state index in [2.05, 4.69) is 0 Å². The third-order valence-corrected chi connectivity index (χ3v) is 4.05. The van der Waals surface area contributed by atoms with Crippen LogP contribution in [-0.2, 0) is 6.18 Å². The Bertz CT molecular complexity index is 453. The van der Waals surface area contributed by atoms with Crippen LogP contribution < -0.4 is 5.73 Å². The molecule has 20 heavy (non-hydrogen) atoms. The number of halogens is 3. The van der Waals surface area contributed by atoms with Gasteiger partial charge in [0.2, 0.25) is 0 Å². The molecule has 0 aliphatic heterocycles. The topological polar surface area (TPSA) is 46.2 Å². The van der Waals surface area contributed by atoms with E-state index in [9.17, 15) is 18.3 Å². The SMILES string of the molecule is Nc1ccc(C(F)(F)F)cc1C(O)CC1CCCCC1. The van der Waals surface area contributed by atoms with Gasteiger partial charge in [0.25, 0.3) is 0 Å². The molecule has 0 heterocycles. The Hall–Kier alpha value is -1.23. The Morgan fingerprint density at radius 1 is 1.20 bits per heavy atom. The highest BCUT2D eigenvalue weighted by Crippen LogP contribution is 2.36. The van der Waals surface area contributed by atoms with Crippen molar-refractivity contribution < 1.29 is 18.3 Å². The number of benzene rings is 1. The van der Waals surface area contributed by atoms with E-state index in [0.717, 1.165) is 37.8 Å². The summed E-state index contributed by atoms with van der Waals surface area (Å²) in [5.74, 6) is 0.382. The summed E-state index contributed by atoms with van der Waals surface area (Å²) >= 11 is 0. The maximum absolute atomic E-state index is 12.7. The Morgan fingerprint density at radius 2 is 1.85 bits per heavy atom. The molecular formula is C15H20F3NO. The molecule has 0 amide bonds. The predicted molar refractivity (Wildman–Crippen MR) is 72.0 cm³/mol. The molecule has 1 aromatic rings. The van der Waals surface area contributed by atoms with Crippen molar-refractivity contribution >= 4 is 5.69 Å². The summed E-state index contributed by atoms with van der Waals surface area (Å²) in [5.41, 5.74) is 5.37. The molecule has 1 atom stereocenters. The standard InChI is InChI=1S/C15H20F3NO/c16-15(17,18)11-6-7-13(19)12(9-11)14(20)8-10-4-2-1-3-5-10/h6-7,9-10,14,20H,1-5,8,19H2. The second-order valence-electron chi connectivity index (χ2n) is 5.60. The molecule has 0 saturated heterocycles. The molecular weight excluding hydrogens is 267 g/mol. The van der Waals surface area contributed by atoms with E-state index >= 15 is 0 Å². The van der Waals surface area contributed by atoms with Crippen LogP contribution in [0.2, 0.25) is 0 Å². The minimum atomic E-state index is -4.41. The van der Waals surface area contributed by atoms with E-state index in [1.165, 1.54) is 12.5 Å². The van der Waals surface area contributed by atoms with Gasteiger partial charge in [-0.2, -0.15) is 13.2 Å². The first kappa shape index (κ1) is 15.2. The van der Waals surface area contributed by atoms with Gasteiger partial charge in [-0.25, -0.2) is 0 Å². The number of anilines is 1. The largest absolute Gasteiger partial charge is 0.416 e. The summed E-state index contributed by atoms with van der Waals surface area (Å²) in [4.78, 5) is 0. The Balaban J connectivity index is 2.13. The van der Waals surface area contributed by atoms with Crippen molar-refractivity contribution in [2.75, 3.05) is 5.73 Å². The van der Waals surface area contributed by atoms with Crippen molar-refractivity contribution in [3.05, 3.63) is 29.3 Å². The highest BCUT2D eigenvalue weighted by atomic mass is 19.4. The minimum absolute atomic E-state index is 0.199. The number of aliphatic hydroxyl groups is 1. The number of hydrogen-bond donors (Lipinski definition) is 2. The molecule has 1 aromatic carbocycles. The second kappa shape index (κ2) is 6.04. The lowest BCUT2D eigenvalue weighted by atomic mass is 9.84. The van der Waals surface area contributed by atoms with Crippen molar-refractivity contribution in [2.45, 2.75) is 50.8 Å². The Labute approximate surface area is 116 Å². The Kier molecular flexibility index (Phi) is 4.58. The zero-order chi connectivity index (χ0) is 14.8. The summed E-state index contributed by atoms with van der Waals surface area (Å²) in [6.07, 6.45) is 0.716. The minimum Gasteiger partial charge on any atom is -0.398 e. The quantitative estimate of drug-likeness (QED) is 0.815. The number of aliphatic hydroxyl groups excluding tert-OH is 1. The molecule has 112 valence electrons. The van der Waals surface area contributed by atoms with Crippen LogP contribution in [0.5, 0.6) is 0 Å². The number of hydrogen-bond acceptors (Lipinski definition) is 2. The fourth-order valence-electron chi connectivity index (χ4n) is 2.91. The van der Waals surface area contributed by atoms with Gasteiger partial charge in [-0.05, 0) is 30.5 Å². The lowest BCUT2D eigenvalue weighted by molar-refractivity contribution is -0.137. The highest BCUT2D eigenvalue weighted by Gasteiger charge is 2.31. The average Bonchev–Trinajstić information content (AvgIpc) is 2.39. The zero-order valence-corrected chi connectivity index (χ0v) is 11.3. The lowest BCUT2D eigenvalue weighted by Crippen LogP contribution is -2.13. The van der Waals surface area contributed by atoms with Crippen molar-refractivity contribution in [3.63, 3.8) is 0 Å². The van der Waals surface area contributed by atoms with Gasteiger partial charge in [-0.3, -0.25) is 0 Å². The van der Waals surface area contributed by atoms with E-state index in [4.69, 9.17) is 5.73 Å². The van der Waals surface area contributed by atoms with Gasteiger partial charge >= 0.3 is 6.18 Å². The monoisotopic (exact) mass is 287 g/mol. The second-order valence-corrected chi connectivity index (χ2v) is 5.60. The lowest BCUT2D eigenvalue weighted by Gasteiger charge is -2.25. The third kappa shape index (κ3) is 3.66. The molecule has 0 spiro atoms. The molecule has 5 heteroatoms. The summed E-state index contributed by atoms with van der Waals surface area (Å²) < 4.78 is 38.1. The summed E-state index contributed by atoms with van der Waals surface area (Å²) in [7, 11) is 0. The summed E-state index contributed by atoms with van der Waals surface area (Å²) in [6.45, 7) is 0. The van der Waals surface area contributed by atoms with Gasteiger partial charge in [0, 0.05) is 11.3 Å². The maximum atomic E-state index is 12.7. The van der Waals surface area contributed by atoms with Crippen molar-refractivity contribution in [1.82, 2.24) is 0 Å². The molecule has 0 aromatic heterocycles. The Morgan fingerprint density at radius 3 is 2.45 bits per heavy atom. The van der Waals surface area contributed by atoms with Gasteiger partial charge in [-0.1, -0.05) is 32.1 Å². The molecule has 2 rings (SSSR count). The molecule has 3 N–H and O–H groups in total. The first-order chi connectivity index (χ1) is 9.38. The summed E-state index contributed by atoms with van der Waals surface area (Å²) in [6, 6.07) is 3.15. The molecule has 1 fully saturated rings. The molecule has 0 bridgehead atoms. The fourth-order valence-corrected chi connectivity index (χ4v) is 2.91. The first-order valence-electron chi connectivity index (χ1n) is 7.02. The van der Waals surface area contributed by atoms with Crippen molar-refractivity contribution in [1.29, 1.82) is 0 Å². The number of alkyl halides is 3. The van der Waals surface area contributed by atoms with Gasteiger partial charge in [0.15, 0.2) is 0 Å². The van der Waals surface area contributed by atoms with E-state index in [1.54, 1.807) is 0 Å². The van der Waals surface area contributed by atoms with Crippen LogP contribution >= 0.6 is 0 Å². The molecule has 1 aliphatic rings. The third-order valence-electron chi connectivity index (χ3n) is 4.05. The summed E-state index contributed by atoms with van der Waals surface area (Å²) in [5, 5.41) is 10.2. The smallest absolute Gasteiger partial charge is 0.398 e. The normalized spacial score (nSPS) is 19.0. The molecule has 0 radical (unpaired) electrons. The van der Waals surface area contributed by atoms with E-state index in [0.29, 0.717) is 12.3 Å². The number of nitrogen functional groups attached to an aromatic ring is 1. The van der Waals surface area contributed by atoms with Crippen LogP contribution in [0.25, 0.3) is 0 Å². The van der Waals surface area contributed by atoms with Crippen LogP contribution in [0, 0.1) is 5.92 Å². The van der Waals surface area contributed by atoms with Gasteiger partial charge < -0.3 is 10.8 Å². The highest BCUT2D eigenvalue weighted by molar-refractivity contribution is 5.50. The van der Waals surface area contributed by atoms with Crippen molar-refractivity contribution in [2.24, 2.45) is 5.92 Å². The van der Waals surface area contributed by atoms with Crippen LogP contribution in [0.3, 0.4) is 0 Å². The number of rotatable bonds is 3. The van der Waals surface area contributed by atoms with Crippen LogP contribution in [0.1, 0.15) is 55.8 Å². The average molecular weight is 287 g/mol. The molecule has 1 aliphatic carbocycles. The van der Waals surface area contributed by atoms with Crippen LogP contribution in [0.4, 0.5) is 18.9 Å². The van der Waals surface area contributed by atoms with Crippen LogP contribution in [-0.4, -0.2) is 5.11 Å². The predicted octanol–water partition coefficient (Wildman–Crippen LogP) is 4.29. The van der Waals surface area contributed by atoms with Gasteiger partial charge in [0.05, 0.1) is 11.7 Å².